The number of carboxylic acid groups (broad SMARTS) is 1. The molecule has 3 fully saturated rings. The van der Waals surface area contributed by atoms with Crippen molar-refractivity contribution >= 4 is 11.8 Å². The predicted octanol–water partition coefficient (Wildman–Crippen LogP) is 2.69. The molecule has 7 unspecified atom stereocenters. The van der Waals surface area contributed by atoms with Gasteiger partial charge in [0.25, 0.3) is 0 Å². The van der Waals surface area contributed by atoms with Gasteiger partial charge in [-0.05, 0) is 74.2 Å². The minimum atomic E-state index is -1.76. The van der Waals surface area contributed by atoms with Crippen LogP contribution in [0.4, 0.5) is 0 Å². The van der Waals surface area contributed by atoms with Crippen LogP contribution < -0.4 is 0 Å². The zero-order chi connectivity index (χ0) is 18.9. The van der Waals surface area contributed by atoms with Crippen molar-refractivity contribution in [3.8, 4) is 0 Å². The number of aliphatic hydroxyl groups excluding tert-OH is 1. The second-order valence-corrected chi connectivity index (χ2v) is 9.63. The molecule has 0 aromatic rings. The van der Waals surface area contributed by atoms with Crippen LogP contribution >= 0.6 is 0 Å². The van der Waals surface area contributed by atoms with Crippen molar-refractivity contribution in [3.05, 3.63) is 11.6 Å². The second-order valence-electron chi connectivity index (χ2n) is 9.63. The molecule has 0 saturated heterocycles. The van der Waals surface area contributed by atoms with Crippen LogP contribution in [0, 0.1) is 28.6 Å². The molecule has 0 amide bonds. The number of allylic oxidation sites excluding steroid dienone is 2. The maximum absolute atomic E-state index is 12.0. The molecule has 5 heteroatoms. The fraction of sp³-hybridized carbons (Fsp3) is 0.810. The molecule has 0 spiro atoms. The first-order valence-corrected chi connectivity index (χ1v) is 10.0. The third-order valence-electron chi connectivity index (χ3n) is 8.64. The van der Waals surface area contributed by atoms with Gasteiger partial charge in [-0.15, -0.1) is 0 Å². The molecule has 0 aromatic heterocycles. The monoisotopic (exact) mass is 362 g/mol. The summed E-state index contributed by atoms with van der Waals surface area (Å²) in [7, 11) is 0. The first-order valence-electron chi connectivity index (χ1n) is 10.0. The number of ketones is 1. The Bertz CT molecular complexity index is 684. The van der Waals surface area contributed by atoms with E-state index in [1.165, 1.54) is 5.57 Å². The highest BCUT2D eigenvalue weighted by Gasteiger charge is 2.66. The lowest BCUT2D eigenvalue weighted by Gasteiger charge is -2.64. The van der Waals surface area contributed by atoms with Crippen molar-refractivity contribution < 1.29 is 24.9 Å². The van der Waals surface area contributed by atoms with Crippen molar-refractivity contribution in [3.63, 3.8) is 0 Å². The highest BCUT2D eigenvalue weighted by atomic mass is 16.4. The summed E-state index contributed by atoms with van der Waals surface area (Å²) in [5.74, 6) is -0.623. The molecular weight excluding hydrogens is 332 g/mol. The number of carbonyl (C=O) groups excluding carboxylic acids is 1. The molecule has 0 radical (unpaired) electrons. The predicted molar refractivity (Wildman–Crippen MR) is 95.3 cm³/mol. The van der Waals surface area contributed by atoms with E-state index >= 15 is 0 Å². The molecule has 3 N–H and O–H groups in total. The van der Waals surface area contributed by atoms with Gasteiger partial charge in [0, 0.05) is 11.8 Å². The van der Waals surface area contributed by atoms with Crippen LogP contribution in [-0.4, -0.2) is 38.8 Å². The summed E-state index contributed by atoms with van der Waals surface area (Å²) in [5.41, 5.74) is -1.58. The van der Waals surface area contributed by atoms with Gasteiger partial charge in [0.05, 0.1) is 6.10 Å². The average Bonchev–Trinajstić information content (AvgIpc) is 2.56. The molecule has 26 heavy (non-hydrogen) atoms. The van der Waals surface area contributed by atoms with E-state index in [0.29, 0.717) is 19.3 Å². The van der Waals surface area contributed by atoms with E-state index in [0.717, 1.165) is 25.7 Å². The maximum atomic E-state index is 12.0. The number of hydrogen-bond donors (Lipinski definition) is 3. The Hall–Kier alpha value is -1.20. The van der Waals surface area contributed by atoms with Crippen molar-refractivity contribution in [2.24, 2.45) is 28.6 Å². The molecule has 4 aliphatic rings. The van der Waals surface area contributed by atoms with Crippen molar-refractivity contribution in [1.29, 1.82) is 0 Å². The molecule has 3 saturated carbocycles. The SMILES string of the molecule is CC12CCC(=O)C=C1CCC1C2C(O)CC2(C)C1CCCC2(O)C(=O)O. The molecule has 0 aliphatic heterocycles. The van der Waals surface area contributed by atoms with Crippen LogP contribution in [0.3, 0.4) is 0 Å². The molecule has 4 aliphatic carbocycles. The molecular formula is C21H30O5. The Morgan fingerprint density at radius 1 is 1.19 bits per heavy atom. The number of carboxylic acids is 1. The van der Waals surface area contributed by atoms with E-state index in [1.54, 1.807) is 6.08 Å². The summed E-state index contributed by atoms with van der Waals surface area (Å²) in [6.07, 6.45) is 6.35. The van der Waals surface area contributed by atoms with Gasteiger partial charge in [-0.25, -0.2) is 4.79 Å². The molecule has 7 atom stereocenters. The number of hydrogen-bond acceptors (Lipinski definition) is 4. The third kappa shape index (κ3) is 2.16. The number of fused-ring (bicyclic) bond motifs is 5. The summed E-state index contributed by atoms with van der Waals surface area (Å²) in [6.45, 7) is 4.06. The summed E-state index contributed by atoms with van der Waals surface area (Å²) in [6, 6.07) is 0. The quantitative estimate of drug-likeness (QED) is 0.667. The molecule has 5 nitrogen and oxygen atoms in total. The Kier molecular flexibility index (Phi) is 3.95. The smallest absolute Gasteiger partial charge is 0.336 e. The fourth-order valence-corrected chi connectivity index (χ4v) is 7.26. The zero-order valence-electron chi connectivity index (χ0n) is 15.7. The van der Waals surface area contributed by atoms with Crippen LogP contribution in [0.1, 0.15) is 65.2 Å². The lowest BCUT2D eigenvalue weighted by Crippen LogP contribution is -2.66. The first-order chi connectivity index (χ1) is 12.1. The summed E-state index contributed by atoms with van der Waals surface area (Å²) in [5, 5.41) is 32.0. The molecule has 0 bridgehead atoms. The van der Waals surface area contributed by atoms with Crippen LogP contribution in [0.2, 0.25) is 0 Å². The van der Waals surface area contributed by atoms with Gasteiger partial charge in [0.2, 0.25) is 0 Å². The van der Waals surface area contributed by atoms with E-state index < -0.39 is 23.1 Å². The normalized spacial score (nSPS) is 50.9. The van der Waals surface area contributed by atoms with Crippen LogP contribution in [0.15, 0.2) is 11.6 Å². The van der Waals surface area contributed by atoms with Gasteiger partial charge in [0.15, 0.2) is 11.4 Å². The van der Waals surface area contributed by atoms with Gasteiger partial charge < -0.3 is 15.3 Å². The van der Waals surface area contributed by atoms with Crippen LogP contribution in [0.25, 0.3) is 0 Å². The Labute approximate surface area is 154 Å². The highest BCUT2D eigenvalue weighted by Crippen LogP contribution is 2.66. The third-order valence-corrected chi connectivity index (χ3v) is 8.64. The van der Waals surface area contributed by atoms with Gasteiger partial charge in [-0.1, -0.05) is 19.4 Å². The topological polar surface area (TPSA) is 94.8 Å². The van der Waals surface area contributed by atoms with Crippen LogP contribution in [0.5, 0.6) is 0 Å². The lowest BCUT2D eigenvalue weighted by molar-refractivity contribution is -0.228. The van der Waals surface area contributed by atoms with Gasteiger partial charge in [-0.3, -0.25) is 4.79 Å². The minimum Gasteiger partial charge on any atom is -0.479 e. The minimum absolute atomic E-state index is 0.0461. The first kappa shape index (κ1) is 18.2. The maximum Gasteiger partial charge on any atom is 0.336 e. The average molecular weight is 362 g/mol. The fourth-order valence-electron chi connectivity index (χ4n) is 7.26. The number of aliphatic carboxylic acids is 1. The Balaban J connectivity index is 1.76. The van der Waals surface area contributed by atoms with Crippen molar-refractivity contribution in [2.45, 2.75) is 76.9 Å². The number of carbonyl (C=O) groups is 2. The summed E-state index contributed by atoms with van der Waals surface area (Å²) in [4.78, 5) is 23.9. The lowest BCUT2D eigenvalue weighted by atomic mass is 9.41. The van der Waals surface area contributed by atoms with Crippen LogP contribution in [-0.2, 0) is 9.59 Å². The Morgan fingerprint density at radius 2 is 1.92 bits per heavy atom. The molecule has 0 aromatic carbocycles. The number of rotatable bonds is 1. The van der Waals surface area contributed by atoms with E-state index in [-0.39, 0.29) is 35.4 Å². The van der Waals surface area contributed by atoms with E-state index in [9.17, 15) is 24.9 Å². The van der Waals surface area contributed by atoms with E-state index in [4.69, 9.17) is 0 Å². The summed E-state index contributed by atoms with van der Waals surface area (Å²) >= 11 is 0. The van der Waals surface area contributed by atoms with Gasteiger partial charge in [0.1, 0.15) is 0 Å². The molecule has 4 rings (SSSR count). The van der Waals surface area contributed by atoms with E-state index in [1.807, 2.05) is 6.92 Å². The second kappa shape index (κ2) is 5.65. The van der Waals surface area contributed by atoms with Gasteiger partial charge in [-0.2, -0.15) is 0 Å². The van der Waals surface area contributed by atoms with Crippen molar-refractivity contribution in [1.82, 2.24) is 0 Å². The molecule has 144 valence electrons. The Morgan fingerprint density at radius 3 is 2.62 bits per heavy atom. The largest absolute Gasteiger partial charge is 0.479 e. The standard InChI is InChI=1S/C21H30O5/c1-19-9-7-13(22)10-12(19)5-6-14-15-4-3-8-21(26,18(24)25)20(15,2)11-16(23)17(14)19/h10,14-17,23,26H,3-9,11H2,1-2H3,(H,24,25). The highest BCUT2D eigenvalue weighted by molar-refractivity contribution is 5.91. The van der Waals surface area contributed by atoms with Gasteiger partial charge >= 0.3 is 5.97 Å². The zero-order valence-corrected chi connectivity index (χ0v) is 15.7. The van der Waals surface area contributed by atoms with E-state index in [2.05, 4.69) is 6.92 Å². The number of aliphatic hydroxyl groups is 2. The summed E-state index contributed by atoms with van der Waals surface area (Å²) < 4.78 is 0. The van der Waals surface area contributed by atoms with Crippen molar-refractivity contribution in [2.75, 3.05) is 0 Å². The molecule has 0 heterocycles.